The van der Waals surface area contributed by atoms with E-state index in [9.17, 15) is 4.79 Å². The Morgan fingerprint density at radius 3 is 2.82 bits per heavy atom. The van der Waals surface area contributed by atoms with Crippen LogP contribution in [0.25, 0.3) is 0 Å². The van der Waals surface area contributed by atoms with E-state index < -0.39 is 0 Å². The largest absolute Gasteiger partial charge is 0.377 e. The second kappa shape index (κ2) is 6.33. The zero-order chi connectivity index (χ0) is 12.1. The van der Waals surface area contributed by atoms with Crippen molar-refractivity contribution in [2.75, 3.05) is 52.4 Å². The second-order valence-corrected chi connectivity index (χ2v) is 4.73. The highest BCUT2D eigenvalue weighted by molar-refractivity contribution is 5.78. The van der Waals surface area contributed by atoms with Crippen LogP contribution in [0.1, 0.15) is 13.3 Å². The fourth-order valence-electron chi connectivity index (χ4n) is 2.49. The van der Waals surface area contributed by atoms with Gasteiger partial charge in [0.2, 0.25) is 5.91 Å². The molecule has 1 amide bonds. The van der Waals surface area contributed by atoms with Gasteiger partial charge in [0.15, 0.2) is 0 Å². The molecule has 0 spiro atoms. The standard InChI is InChI=1S/C12H23N3O2/c1-2-17-11-3-6-15(9-11)12(16)10-14-7-4-13-5-8-14/h11,13H,2-10H2,1H3/t11-/m1/s1. The number of hydrogen-bond acceptors (Lipinski definition) is 4. The molecule has 5 nitrogen and oxygen atoms in total. The van der Waals surface area contributed by atoms with E-state index in [0.717, 1.165) is 52.3 Å². The minimum Gasteiger partial charge on any atom is -0.377 e. The van der Waals surface area contributed by atoms with E-state index in [1.54, 1.807) is 0 Å². The summed E-state index contributed by atoms with van der Waals surface area (Å²) < 4.78 is 5.56. The highest BCUT2D eigenvalue weighted by atomic mass is 16.5. The van der Waals surface area contributed by atoms with Crippen LogP contribution in [-0.4, -0.2) is 74.2 Å². The molecule has 1 atom stereocenters. The van der Waals surface area contributed by atoms with Gasteiger partial charge in [0.05, 0.1) is 12.6 Å². The van der Waals surface area contributed by atoms with Crippen LogP contribution in [0, 0.1) is 0 Å². The van der Waals surface area contributed by atoms with Gasteiger partial charge in [-0.3, -0.25) is 9.69 Å². The first-order valence-electron chi connectivity index (χ1n) is 6.62. The number of carbonyl (C=O) groups excluding carboxylic acids is 1. The normalized spacial score (nSPS) is 26.4. The Bertz CT molecular complexity index is 254. The third-order valence-corrected chi connectivity index (χ3v) is 3.47. The monoisotopic (exact) mass is 241 g/mol. The van der Waals surface area contributed by atoms with Crippen molar-refractivity contribution in [3.8, 4) is 0 Å². The smallest absolute Gasteiger partial charge is 0.236 e. The second-order valence-electron chi connectivity index (χ2n) is 4.73. The molecular weight excluding hydrogens is 218 g/mol. The van der Waals surface area contributed by atoms with Crippen molar-refractivity contribution >= 4 is 5.91 Å². The molecule has 2 saturated heterocycles. The first kappa shape index (κ1) is 12.8. The van der Waals surface area contributed by atoms with Gasteiger partial charge in [-0.25, -0.2) is 0 Å². The SMILES string of the molecule is CCO[C@@H]1CCN(C(=O)CN2CCNCC2)C1. The Labute approximate surface area is 103 Å². The van der Waals surface area contributed by atoms with Gasteiger partial charge in [0.25, 0.3) is 0 Å². The van der Waals surface area contributed by atoms with Crippen LogP contribution in [-0.2, 0) is 9.53 Å². The topological polar surface area (TPSA) is 44.8 Å². The molecule has 2 aliphatic rings. The number of hydrogen-bond donors (Lipinski definition) is 1. The lowest BCUT2D eigenvalue weighted by Crippen LogP contribution is -2.48. The van der Waals surface area contributed by atoms with Crippen LogP contribution >= 0.6 is 0 Å². The first-order chi connectivity index (χ1) is 8.29. The molecule has 0 aromatic carbocycles. The van der Waals surface area contributed by atoms with Crippen LogP contribution in [0.2, 0.25) is 0 Å². The summed E-state index contributed by atoms with van der Waals surface area (Å²) in [6.07, 6.45) is 1.24. The minimum absolute atomic E-state index is 0.256. The van der Waals surface area contributed by atoms with Crippen molar-refractivity contribution in [3.05, 3.63) is 0 Å². The summed E-state index contributed by atoms with van der Waals surface area (Å²) in [6.45, 7) is 8.90. The number of amides is 1. The summed E-state index contributed by atoms with van der Waals surface area (Å²) in [5.74, 6) is 0.258. The summed E-state index contributed by atoms with van der Waals surface area (Å²) in [6, 6.07) is 0. The maximum atomic E-state index is 12.1. The van der Waals surface area contributed by atoms with Gasteiger partial charge in [-0.1, -0.05) is 0 Å². The fourth-order valence-corrected chi connectivity index (χ4v) is 2.49. The Balaban J connectivity index is 1.72. The summed E-state index contributed by atoms with van der Waals surface area (Å²) >= 11 is 0. The Hall–Kier alpha value is -0.650. The molecule has 2 aliphatic heterocycles. The van der Waals surface area contributed by atoms with Crippen LogP contribution in [0.5, 0.6) is 0 Å². The lowest BCUT2D eigenvalue weighted by atomic mass is 10.3. The molecule has 1 N–H and O–H groups in total. The molecule has 0 unspecified atom stereocenters. The molecule has 0 radical (unpaired) electrons. The lowest BCUT2D eigenvalue weighted by molar-refractivity contribution is -0.132. The zero-order valence-corrected chi connectivity index (χ0v) is 10.7. The molecule has 0 saturated carbocycles. The van der Waals surface area contributed by atoms with Crippen molar-refractivity contribution in [3.63, 3.8) is 0 Å². The summed E-state index contributed by atoms with van der Waals surface area (Å²) in [7, 11) is 0. The molecule has 0 aromatic heterocycles. The molecule has 5 heteroatoms. The van der Waals surface area contributed by atoms with Crippen molar-refractivity contribution in [2.24, 2.45) is 0 Å². The Kier molecular flexibility index (Phi) is 4.76. The van der Waals surface area contributed by atoms with Gasteiger partial charge in [0, 0.05) is 45.9 Å². The molecular formula is C12H23N3O2. The van der Waals surface area contributed by atoms with Gasteiger partial charge in [0.1, 0.15) is 0 Å². The van der Waals surface area contributed by atoms with E-state index in [2.05, 4.69) is 10.2 Å². The third kappa shape index (κ3) is 3.66. The molecule has 0 bridgehead atoms. The molecule has 98 valence electrons. The van der Waals surface area contributed by atoms with Gasteiger partial charge in [-0.15, -0.1) is 0 Å². The van der Waals surface area contributed by atoms with Gasteiger partial charge in [-0.2, -0.15) is 0 Å². The number of nitrogens with one attached hydrogen (secondary N) is 1. The maximum absolute atomic E-state index is 12.1. The van der Waals surface area contributed by atoms with E-state index in [0.29, 0.717) is 6.54 Å². The number of nitrogens with zero attached hydrogens (tertiary/aromatic N) is 2. The van der Waals surface area contributed by atoms with Crippen LogP contribution < -0.4 is 5.32 Å². The lowest BCUT2D eigenvalue weighted by Gasteiger charge is -2.28. The average Bonchev–Trinajstić information content (AvgIpc) is 2.79. The highest BCUT2D eigenvalue weighted by Gasteiger charge is 2.27. The third-order valence-electron chi connectivity index (χ3n) is 3.47. The maximum Gasteiger partial charge on any atom is 0.236 e. The van der Waals surface area contributed by atoms with Gasteiger partial charge >= 0.3 is 0 Å². The van der Waals surface area contributed by atoms with Gasteiger partial charge < -0.3 is 15.0 Å². The fraction of sp³-hybridized carbons (Fsp3) is 0.917. The predicted octanol–water partition coefficient (Wildman–Crippen LogP) is -0.471. The van der Waals surface area contributed by atoms with E-state index >= 15 is 0 Å². The average molecular weight is 241 g/mol. The number of ether oxygens (including phenoxy) is 1. The Morgan fingerprint density at radius 2 is 2.12 bits per heavy atom. The highest BCUT2D eigenvalue weighted by Crippen LogP contribution is 2.13. The van der Waals surface area contributed by atoms with E-state index in [1.165, 1.54) is 0 Å². The predicted molar refractivity (Wildman–Crippen MR) is 65.9 cm³/mol. The number of piperazine rings is 1. The summed E-state index contributed by atoms with van der Waals surface area (Å²) in [5, 5.41) is 3.29. The molecule has 2 heterocycles. The molecule has 0 aromatic rings. The molecule has 2 rings (SSSR count). The first-order valence-corrected chi connectivity index (χ1v) is 6.62. The zero-order valence-electron chi connectivity index (χ0n) is 10.7. The van der Waals surface area contributed by atoms with Gasteiger partial charge in [-0.05, 0) is 13.3 Å². The molecule has 2 fully saturated rings. The van der Waals surface area contributed by atoms with E-state index in [4.69, 9.17) is 4.74 Å². The number of likely N-dealkylation sites (tertiary alicyclic amines) is 1. The van der Waals surface area contributed by atoms with Crippen molar-refractivity contribution in [2.45, 2.75) is 19.4 Å². The quantitative estimate of drug-likeness (QED) is 0.723. The van der Waals surface area contributed by atoms with Crippen LogP contribution in [0.15, 0.2) is 0 Å². The summed E-state index contributed by atoms with van der Waals surface area (Å²) in [5.41, 5.74) is 0. The van der Waals surface area contributed by atoms with Crippen molar-refractivity contribution < 1.29 is 9.53 Å². The van der Waals surface area contributed by atoms with Crippen molar-refractivity contribution in [1.29, 1.82) is 0 Å². The minimum atomic E-state index is 0.256. The van der Waals surface area contributed by atoms with Crippen LogP contribution in [0.3, 0.4) is 0 Å². The summed E-state index contributed by atoms with van der Waals surface area (Å²) in [4.78, 5) is 16.2. The molecule has 0 aliphatic carbocycles. The van der Waals surface area contributed by atoms with Crippen molar-refractivity contribution in [1.82, 2.24) is 15.1 Å². The number of carbonyl (C=O) groups is 1. The Morgan fingerprint density at radius 1 is 1.35 bits per heavy atom. The van der Waals surface area contributed by atoms with E-state index in [1.807, 2.05) is 11.8 Å². The van der Waals surface area contributed by atoms with Crippen LogP contribution in [0.4, 0.5) is 0 Å². The number of rotatable bonds is 4. The van der Waals surface area contributed by atoms with E-state index in [-0.39, 0.29) is 12.0 Å². The molecule has 17 heavy (non-hydrogen) atoms.